The van der Waals surface area contributed by atoms with E-state index in [4.69, 9.17) is 10.5 Å². The minimum Gasteiger partial charge on any atom is -0.467 e. The van der Waals surface area contributed by atoms with Crippen LogP contribution in [0.2, 0.25) is 0 Å². The number of anilines is 1. The van der Waals surface area contributed by atoms with Crippen LogP contribution >= 0.6 is 0 Å². The van der Waals surface area contributed by atoms with Crippen molar-refractivity contribution < 1.29 is 23.9 Å². The quantitative estimate of drug-likeness (QED) is 0.154. The largest absolute Gasteiger partial charge is 0.467 e. The minimum atomic E-state index is -1.12. The molecule has 4 amide bonds. The number of likely N-dealkylation sites (tertiary alicyclic amines) is 1. The van der Waals surface area contributed by atoms with Crippen LogP contribution in [0, 0.1) is 5.92 Å². The van der Waals surface area contributed by atoms with E-state index in [1.54, 1.807) is 15.8 Å². The average molecular weight is 622 g/mol. The Morgan fingerprint density at radius 1 is 1.00 bits per heavy atom. The second-order valence-corrected chi connectivity index (χ2v) is 11.6. The summed E-state index contributed by atoms with van der Waals surface area (Å²) >= 11 is 0. The number of hydrogen-bond donors (Lipinski definition) is 4. The van der Waals surface area contributed by atoms with Crippen LogP contribution in [-0.4, -0.2) is 86.9 Å². The Balaban J connectivity index is 1.39. The van der Waals surface area contributed by atoms with Gasteiger partial charge in [-0.25, -0.2) is 9.78 Å². The number of ether oxygens (including phenoxy) is 1. The van der Waals surface area contributed by atoms with Gasteiger partial charge in [-0.1, -0.05) is 44.2 Å². The van der Waals surface area contributed by atoms with Crippen LogP contribution in [0.4, 0.5) is 10.6 Å². The number of piperidine rings is 1. The third-order valence-electron chi connectivity index (χ3n) is 7.62. The van der Waals surface area contributed by atoms with E-state index in [9.17, 15) is 19.2 Å². The first kappa shape index (κ1) is 33.1. The first-order valence-electron chi connectivity index (χ1n) is 15.4. The van der Waals surface area contributed by atoms with Crippen LogP contribution in [0.3, 0.4) is 0 Å². The second kappa shape index (κ2) is 15.8. The number of nitrogen functional groups attached to an aromatic ring is 1. The molecule has 1 aromatic carbocycles. The molecule has 4 rings (SSSR count). The maximum absolute atomic E-state index is 13.5. The Hall–Kier alpha value is -4.75. The number of aromatic nitrogens is 4. The van der Waals surface area contributed by atoms with E-state index < -0.39 is 29.7 Å². The minimum absolute atomic E-state index is 0.102. The summed E-state index contributed by atoms with van der Waals surface area (Å²) in [5, 5.41) is 8.31. The number of ketones is 1. The molecule has 3 heterocycles. The number of benzene rings is 1. The number of hydrogen-bond acceptors (Lipinski definition) is 9. The monoisotopic (exact) mass is 621 g/mol. The summed E-state index contributed by atoms with van der Waals surface area (Å²) in [7, 11) is 1.44. The van der Waals surface area contributed by atoms with Gasteiger partial charge in [-0.05, 0) is 43.6 Å². The maximum Gasteiger partial charge on any atom is 0.320 e. The SMILES string of the molecule is COc1nc(N)c2ncn(CCCNC(=O)C(=O)[C@H](Cc3ccccc3)NC(=O)[C@H](CC(C)C)NC(=O)N3CCCCC3)c2n1. The predicted octanol–water partition coefficient (Wildman–Crippen LogP) is 1.83. The van der Waals surface area contributed by atoms with Gasteiger partial charge in [0.15, 0.2) is 11.5 Å². The van der Waals surface area contributed by atoms with Crippen LogP contribution in [0.25, 0.3) is 11.2 Å². The van der Waals surface area contributed by atoms with E-state index in [0.717, 1.165) is 24.8 Å². The van der Waals surface area contributed by atoms with Gasteiger partial charge in [0.05, 0.1) is 13.4 Å². The third kappa shape index (κ3) is 9.13. The summed E-state index contributed by atoms with van der Waals surface area (Å²) in [6.07, 6.45) is 5.47. The van der Waals surface area contributed by atoms with Crippen molar-refractivity contribution in [1.82, 2.24) is 40.4 Å². The Bertz CT molecular complexity index is 1470. The molecule has 1 saturated heterocycles. The zero-order valence-corrected chi connectivity index (χ0v) is 26.1. The molecule has 1 aliphatic rings. The maximum atomic E-state index is 13.5. The van der Waals surface area contributed by atoms with Crippen molar-refractivity contribution in [2.45, 2.75) is 71.0 Å². The number of carbonyl (C=O) groups is 4. The molecule has 242 valence electrons. The summed E-state index contributed by atoms with van der Waals surface area (Å²) in [6, 6.07) is 7.01. The lowest BCUT2D eigenvalue weighted by Gasteiger charge is -2.30. The Morgan fingerprint density at radius 3 is 2.42 bits per heavy atom. The Kier molecular flexibility index (Phi) is 11.7. The highest BCUT2D eigenvalue weighted by Crippen LogP contribution is 2.19. The van der Waals surface area contributed by atoms with Gasteiger partial charge in [0.2, 0.25) is 11.7 Å². The smallest absolute Gasteiger partial charge is 0.320 e. The first-order chi connectivity index (χ1) is 21.7. The van der Waals surface area contributed by atoms with E-state index in [1.165, 1.54) is 7.11 Å². The van der Waals surface area contributed by atoms with E-state index in [-0.39, 0.29) is 36.7 Å². The zero-order chi connectivity index (χ0) is 32.3. The number of urea groups is 1. The van der Waals surface area contributed by atoms with E-state index in [2.05, 4.69) is 30.9 Å². The number of nitrogens with one attached hydrogen (secondary N) is 3. The molecular weight excluding hydrogens is 578 g/mol. The molecule has 0 radical (unpaired) electrons. The average Bonchev–Trinajstić information content (AvgIpc) is 3.45. The molecular formula is C31H43N9O5. The number of nitrogens with zero attached hydrogens (tertiary/aromatic N) is 5. The van der Waals surface area contributed by atoms with E-state index in [0.29, 0.717) is 43.6 Å². The van der Waals surface area contributed by atoms with E-state index >= 15 is 0 Å². The van der Waals surface area contributed by atoms with Crippen LogP contribution in [0.5, 0.6) is 6.01 Å². The van der Waals surface area contributed by atoms with Crippen molar-refractivity contribution in [3.8, 4) is 6.01 Å². The predicted molar refractivity (Wildman–Crippen MR) is 168 cm³/mol. The van der Waals surface area contributed by atoms with Gasteiger partial charge < -0.3 is 35.9 Å². The molecule has 45 heavy (non-hydrogen) atoms. The zero-order valence-electron chi connectivity index (χ0n) is 26.1. The summed E-state index contributed by atoms with van der Waals surface area (Å²) < 4.78 is 6.85. The molecule has 0 bridgehead atoms. The highest BCUT2D eigenvalue weighted by Gasteiger charge is 2.31. The molecule has 3 aromatic rings. The molecule has 0 unspecified atom stereocenters. The number of fused-ring (bicyclic) bond motifs is 1. The van der Waals surface area contributed by atoms with Crippen molar-refractivity contribution in [3.05, 3.63) is 42.2 Å². The summed E-state index contributed by atoms with van der Waals surface area (Å²) in [5.74, 6) is -1.78. The van der Waals surface area contributed by atoms with Crippen molar-refractivity contribution in [2.75, 3.05) is 32.5 Å². The summed E-state index contributed by atoms with van der Waals surface area (Å²) in [4.78, 5) is 67.2. The molecule has 0 saturated carbocycles. The number of aryl methyl sites for hydroxylation is 1. The highest BCUT2D eigenvalue weighted by atomic mass is 16.5. The second-order valence-electron chi connectivity index (χ2n) is 11.6. The van der Waals surface area contributed by atoms with Crippen molar-refractivity contribution >= 4 is 40.6 Å². The van der Waals surface area contributed by atoms with Crippen LogP contribution in [0.1, 0.15) is 51.5 Å². The van der Waals surface area contributed by atoms with Gasteiger partial charge in [0, 0.05) is 32.6 Å². The Labute approximate surface area is 262 Å². The van der Waals surface area contributed by atoms with Crippen molar-refractivity contribution in [3.63, 3.8) is 0 Å². The molecule has 2 aromatic heterocycles. The van der Waals surface area contributed by atoms with Gasteiger partial charge in [0.1, 0.15) is 17.6 Å². The summed E-state index contributed by atoms with van der Waals surface area (Å²) in [6.45, 7) is 5.82. The number of amides is 4. The number of imidazole rings is 1. The molecule has 14 nitrogen and oxygen atoms in total. The van der Waals surface area contributed by atoms with Crippen LogP contribution in [0.15, 0.2) is 36.7 Å². The fraction of sp³-hybridized carbons (Fsp3) is 0.516. The molecule has 5 N–H and O–H groups in total. The summed E-state index contributed by atoms with van der Waals surface area (Å²) in [5.41, 5.74) is 7.66. The lowest BCUT2D eigenvalue weighted by atomic mass is 9.99. The number of Topliss-reactive ketones (excluding diaryl/α,β-unsaturated/α-hetero) is 1. The number of nitrogens with two attached hydrogens (primary N) is 1. The number of rotatable bonds is 14. The number of methoxy groups -OCH3 is 1. The molecule has 0 aliphatic carbocycles. The van der Waals surface area contributed by atoms with Crippen LogP contribution < -0.4 is 26.4 Å². The van der Waals surface area contributed by atoms with E-state index in [1.807, 2.05) is 44.2 Å². The van der Waals surface area contributed by atoms with Crippen LogP contribution in [-0.2, 0) is 27.3 Å². The standard InChI is InChI=1S/C31H43N9O5/c1-20(2)17-23(36-31(44)39-14-8-5-9-15-39)28(42)35-22(18-21-11-6-4-7-12-21)25(41)29(43)33-13-10-16-40-19-34-24-26(32)37-30(45-3)38-27(24)40/h4,6-7,11-12,19-20,22-23H,5,8-10,13-18H2,1-3H3,(H,33,43)(H,35,42)(H,36,44)(H2,32,37,38)/t22-,23-/m0/s1. The highest BCUT2D eigenvalue weighted by molar-refractivity contribution is 6.38. The van der Waals surface area contributed by atoms with Gasteiger partial charge in [0.25, 0.3) is 5.91 Å². The van der Waals surface area contributed by atoms with Gasteiger partial charge in [-0.3, -0.25) is 14.4 Å². The molecule has 2 atom stereocenters. The fourth-order valence-electron chi connectivity index (χ4n) is 5.27. The van der Waals surface area contributed by atoms with Crippen molar-refractivity contribution in [1.29, 1.82) is 0 Å². The molecule has 0 spiro atoms. The third-order valence-corrected chi connectivity index (χ3v) is 7.62. The number of carbonyl (C=O) groups excluding carboxylic acids is 4. The first-order valence-corrected chi connectivity index (χ1v) is 15.4. The van der Waals surface area contributed by atoms with Gasteiger partial charge >= 0.3 is 12.0 Å². The van der Waals surface area contributed by atoms with Gasteiger partial charge in [-0.2, -0.15) is 9.97 Å². The lowest BCUT2D eigenvalue weighted by Crippen LogP contribution is -2.56. The van der Waals surface area contributed by atoms with Crippen molar-refractivity contribution in [2.24, 2.45) is 5.92 Å². The molecule has 14 heteroatoms. The normalized spacial score (nSPS) is 14.5. The fourth-order valence-corrected chi connectivity index (χ4v) is 5.27. The lowest BCUT2D eigenvalue weighted by molar-refractivity contribution is -0.140. The molecule has 1 aliphatic heterocycles. The molecule has 1 fully saturated rings. The Morgan fingerprint density at radius 2 is 1.73 bits per heavy atom. The topological polar surface area (TPSA) is 186 Å². The van der Waals surface area contributed by atoms with Gasteiger partial charge in [-0.15, -0.1) is 0 Å².